The van der Waals surface area contributed by atoms with Crippen LogP contribution in [0.2, 0.25) is 0 Å². The topological polar surface area (TPSA) is 50.8 Å². The number of nitrogens with zero attached hydrogens (tertiary/aromatic N) is 1. The maximum absolute atomic E-state index is 13.8. The molecule has 3 rings (SSSR count). The minimum absolute atomic E-state index is 0.114. The van der Waals surface area contributed by atoms with E-state index in [2.05, 4.69) is 5.32 Å². The molecule has 0 spiro atoms. The molecule has 2 aromatic rings. The van der Waals surface area contributed by atoms with Crippen LogP contribution in [0.15, 0.2) is 36.4 Å². The fourth-order valence-electron chi connectivity index (χ4n) is 3.96. The van der Waals surface area contributed by atoms with Crippen LogP contribution in [0.4, 0.5) is 23.7 Å². The van der Waals surface area contributed by atoms with Crippen LogP contribution in [0, 0.1) is 6.92 Å². The van der Waals surface area contributed by atoms with Crippen LogP contribution in [0.5, 0.6) is 5.75 Å². The molecule has 5 nitrogen and oxygen atoms in total. The number of hydrogen-bond acceptors (Lipinski definition) is 4. The highest BCUT2D eigenvalue weighted by Gasteiger charge is 2.35. The number of benzene rings is 2. The van der Waals surface area contributed by atoms with E-state index in [0.29, 0.717) is 30.0 Å². The van der Waals surface area contributed by atoms with Crippen molar-refractivity contribution in [2.45, 2.75) is 58.4 Å². The molecular weight excluding hydrogens is 465 g/mol. The first-order valence-electron chi connectivity index (χ1n) is 11.0. The third-order valence-corrected chi connectivity index (χ3v) is 5.46. The van der Waals surface area contributed by atoms with Gasteiger partial charge in [-0.3, -0.25) is 0 Å². The van der Waals surface area contributed by atoms with Crippen LogP contribution < -0.4 is 10.1 Å². The smallest absolute Gasteiger partial charge is 0.417 e. The van der Waals surface area contributed by atoms with Crippen molar-refractivity contribution in [1.29, 1.82) is 0 Å². The predicted molar refractivity (Wildman–Crippen MR) is 130 cm³/mol. The molecule has 9 heteroatoms. The van der Waals surface area contributed by atoms with Crippen molar-refractivity contribution in [3.8, 4) is 16.9 Å². The number of likely N-dealkylation sites (tertiary alicyclic amines) is 1. The Hall–Kier alpha value is -2.81. The van der Waals surface area contributed by atoms with Gasteiger partial charge in [-0.1, -0.05) is 24.4 Å². The van der Waals surface area contributed by atoms with E-state index in [-0.39, 0.29) is 23.4 Å². The standard InChI is InChI=1S/C25H29F3N2O3S/c1-16-12-18(29-15-34)13-21(25(26,27)28)22(16)17-7-9-19(10-8-17)32-20-6-5-11-30(14-20)23(31)33-24(2,3)4/h7-10,12-13,15,20H,5-6,11,14H2,1-4H3,(H,29,34). The van der Waals surface area contributed by atoms with Gasteiger partial charge >= 0.3 is 12.3 Å². The van der Waals surface area contributed by atoms with Crippen molar-refractivity contribution in [2.24, 2.45) is 0 Å². The van der Waals surface area contributed by atoms with Crippen LogP contribution in [0.25, 0.3) is 11.1 Å². The van der Waals surface area contributed by atoms with Gasteiger partial charge in [0.25, 0.3) is 0 Å². The van der Waals surface area contributed by atoms with Gasteiger partial charge in [0.05, 0.1) is 17.6 Å². The summed E-state index contributed by atoms with van der Waals surface area (Å²) in [6, 6.07) is 9.24. The Bertz CT molecular complexity index is 1030. The van der Waals surface area contributed by atoms with Crippen molar-refractivity contribution < 1.29 is 27.4 Å². The minimum Gasteiger partial charge on any atom is -0.489 e. The largest absolute Gasteiger partial charge is 0.489 e. The lowest BCUT2D eigenvalue weighted by Gasteiger charge is -2.34. The van der Waals surface area contributed by atoms with E-state index in [1.807, 2.05) is 20.8 Å². The predicted octanol–water partition coefficient (Wildman–Crippen LogP) is 6.83. The molecule has 1 unspecified atom stereocenters. The van der Waals surface area contributed by atoms with E-state index in [4.69, 9.17) is 21.7 Å². The van der Waals surface area contributed by atoms with Crippen LogP contribution in [0.3, 0.4) is 0 Å². The van der Waals surface area contributed by atoms with Crippen molar-refractivity contribution in [1.82, 2.24) is 4.90 Å². The van der Waals surface area contributed by atoms with Crippen LogP contribution in [-0.2, 0) is 10.9 Å². The fourth-order valence-corrected chi connectivity index (χ4v) is 4.10. The fraction of sp³-hybridized carbons (Fsp3) is 0.440. The summed E-state index contributed by atoms with van der Waals surface area (Å²) < 4.78 is 52.9. The van der Waals surface area contributed by atoms with Crippen LogP contribution in [0.1, 0.15) is 44.7 Å². The first kappa shape index (κ1) is 25.8. The quantitative estimate of drug-likeness (QED) is 0.462. The lowest BCUT2D eigenvalue weighted by atomic mass is 9.93. The van der Waals surface area contributed by atoms with Crippen molar-refractivity contribution in [3.05, 3.63) is 47.5 Å². The number of carbonyl (C=O) groups excluding carboxylic acids is 1. The molecule has 1 fully saturated rings. The average molecular weight is 495 g/mol. The van der Waals surface area contributed by atoms with Gasteiger partial charge in [0.1, 0.15) is 17.5 Å². The zero-order valence-electron chi connectivity index (χ0n) is 19.7. The van der Waals surface area contributed by atoms with Gasteiger partial charge in [0.15, 0.2) is 0 Å². The highest BCUT2D eigenvalue weighted by molar-refractivity contribution is 7.79. The molecule has 0 radical (unpaired) electrons. The lowest BCUT2D eigenvalue weighted by Crippen LogP contribution is -2.46. The van der Waals surface area contributed by atoms with Gasteiger partial charge in [-0.05, 0) is 81.5 Å². The highest BCUT2D eigenvalue weighted by atomic mass is 32.1. The normalized spacial score (nSPS) is 16.7. The van der Waals surface area contributed by atoms with E-state index in [9.17, 15) is 18.0 Å². The summed E-state index contributed by atoms with van der Waals surface area (Å²) in [5, 5.41) is 2.65. The molecule has 184 valence electrons. The summed E-state index contributed by atoms with van der Waals surface area (Å²) in [5.41, 5.74) is 1.18. The summed E-state index contributed by atoms with van der Waals surface area (Å²) >= 11 is 4.71. The number of alkyl halides is 3. The second-order valence-electron chi connectivity index (χ2n) is 9.31. The van der Waals surface area contributed by atoms with E-state index in [1.54, 1.807) is 42.2 Å². The molecule has 0 aromatic heterocycles. The minimum atomic E-state index is -4.53. The molecule has 1 amide bonds. The Morgan fingerprint density at radius 3 is 2.44 bits per heavy atom. The third kappa shape index (κ3) is 6.62. The molecule has 0 bridgehead atoms. The number of carbonyl (C=O) groups is 1. The van der Waals surface area contributed by atoms with Gasteiger partial charge in [-0.25, -0.2) is 4.79 Å². The molecule has 1 heterocycles. The third-order valence-electron chi connectivity index (χ3n) is 5.34. The van der Waals surface area contributed by atoms with Crippen molar-refractivity contribution in [3.63, 3.8) is 0 Å². The Labute approximate surface area is 203 Å². The second-order valence-corrected chi connectivity index (χ2v) is 9.54. The molecule has 1 saturated heterocycles. The number of rotatable bonds is 5. The lowest BCUT2D eigenvalue weighted by molar-refractivity contribution is -0.137. The van der Waals surface area contributed by atoms with Crippen LogP contribution in [-0.4, -0.2) is 41.3 Å². The highest BCUT2D eigenvalue weighted by Crippen LogP contribution is 2.41. The van der Waals surface area contributed by atoms with Gasteiger partial charge in [0.2, 0.25) is 0 Å². The van der Waals surface area contributed by atoms with Crippen molar-refractivity contribution in [2.75, 3.05) is 18.4 Å². The van der Waals surface area contributed by atoms with E-state index >= 15 is 0 Å². The van der Waals surface area contributed by atoms with Gasteiger partial charge in [-0.2, -0.15) is 13.2 Å². The van der Waals surface area contributed by atoms with E-state index in [1.165, 1.54) is 5.49 Å². The average Bonchev–Trinajstić information content (AvgIpc) is 2.73. The number of nitrogens with one attached hydrogen (secondary N) is 1. The van der Waals surface area contributed by atoms with Crippen molar-refractivity contribution >= 4 is 29.5 Å². The van der Waals surface area contributed by atoms with E-state index < -0.39 is 17.3 Å². The first-order valence-corrected chi connectivity index (χ1v) is 11.5. The molecule has 1 atom stereocenters. The molecule has 1 aliphatic rings. The number of halogens is 3. The maximum Gasteiger partial charge on any atom is 0.417 e. The number of thiocarbonyl (C=S) groups is 1. The molecule has 0 aliphatic carbocycles. The molecular formula is C25H29F3N2O3S. The summed E-state index contributed by atoms with van der Waals surface area (Å²) in [6.45, 7) is 8.08. The SMILES string of the molecule is Cc1cc(NC=S)cc(C(F)(F)F)c1-c1ccc(OC2CCCN(C(=O)OC(C)(C)C)C2)cc1. The number of aryl methyl sites for hydroxylation is 1. The Morgan fingerprint density at radius 2 is 1.85 bits per heavy atom. The Morgan fingerprint density at radius 1 is 1.18 bits per heavy atom. The molecule has 0 saturated carbocycles. The number of hydrogen-bond donors (Lipinski definition) is 1. The Kier molecular flexibility index (Phi) is 7.75. The second kappa shape index (κ2) is 10.2. The maximum atomic E-state index is 13.8. The summed E-state index contributed by atoms with van der Waals surface area (Å²) in [6.07, 6.45) is -3.58. The molecule has 2 aromatic carbocycles. The number of ether oxygens (including phenoxy) is 2. The van der Waals surface area contributed by atoms with Gasteiger partial charge in [-0.15, -0.1) is 0 Å². The monoisotopic (exact) mass is 494 g/mol. The first-order chi connectivity index (χ1) is 15.9. The zero-order chi connectivity index (χ0) is 25.1. The Balaban J connectivity index is 1.77. The van der Waals surface area contributed by atoms with Crippen LogP contribution >= 0.6 is 12.2 Å². The number of anilines is 1. The van der Waals surface area contributed by atoms with E-state index in [0.717, 1.165) is 18.9 Å². The van der Waals surface area contributed by atoms with Gasteiger partial charge < -0.3 is 19.7 Å². The molecule has 1 aliphatic heterocycles. The summed E-state index contributed by atoms with van der Waals surface area (Å²) in [7, 11) is 0. The number of amides is 1. The summed E-state index contributed by atoms with van der Waals surface area (Å²) in [5.74, 6) is 0.532. The molecule has 1 N–H and O–H groups in total. The zero-order valence-corrected chi connectivity index (χ0v) is 20.5. The summed E-state index contributed by atoms with van der Waals surface area (Å²) in [4.78, 5) is 14.0. The number of piperidine rings is 1. The molecule has 34 heavy (non-hydrogen) atoms. The van der Waals surface area contributed by atoms with Gasteiger partial charge in [0, 0.05) is 12.2 Å².